The van der Waals surface area contributed by atoms with E-state index < -0.39 is 18.2 Å². The number of aromatic amines is 2. The van der Waals surface area contributed by atoms with Crippen LogP contribution in [0.1, 0.15) is 70.2 Å². The predicted octanol–water partition coefficient (Wildman–Crippen LogP) is 6.99. The first-order valence-corrected chi connectivity index (χ1v) is 20.0. The summed E-state index contributed by atoms with van der Waals surface area (Å²) < 4.78 is 9.42. The maximum Gasteiger partial charge on any atom is 0.407 e. The zero-order valence-corrected chi connectivity index (χ0v) is 33.5. The van der Waals surface area contributed by atoms with Crippen molar-refractivity contribution in [2.24, 2.45) is 17.3 Å². The van der Waals surface area contributed by atoms with Gasteiger partial charge in [0.05, 0.1) is 50.1 Å². The van der Waals surface area contributed by atoms with Gasteiger partial charge in [-0.05, 0) is 82.5 Å². The Balaban J connectivity index is 0.948. The molecule has 14 nitrogen and oxygen atoms in total. The summed E-state index contributed by atoms with van der Waals surface area (Å²) in [6, 6.07) is 20.0. The lowest BCUT2D eigenvalue weighted by Gasteiger charge is -2.30. The van der Waals surface area contributed by atoms with Gasteiger partial charge in [0, 0.05) is 18.7 Å². The summed E-state index contributed by atoms with van der Waals surface area (Å²) in [7, 11) is 2.57. The zero-order chi connectivity index (χ0) is 40.7. The minimum atomic E-state index is -0.697. The lowest BCUT2D eigenvalue weighted by Crippen LogP contribution is -2.51. The lowest BCUT2D eigenvalue weighted by molar-refractivity contribution is -0.135. The van der Waals surface area contributed by atoms with Crippen LogP contribution in [0.5, 0.6) is 0 Å². The van der Waals surface area contributed by atoms with Crippen molar-refractivity contribution in [1.29, 1.82) is 0 Å². The maximum absolute atomic E-state index is 13.7. The molecular weight excluding hydrogens is 737 g/mol. The third-order valence-electron chi connectivity index (χ3n) is 12.0. The van der Waals surface area contributed by atoms with Crippen molar-refractivity contribution in [2.75, 3.05) is 33.9 Å². The fraction of sp³-hybridized carbons (Fsp3) is 0.409. The largest absolute Gasteiger partial charge is 0.453 e. The van der Waals surface area contributed by atoms with E-state index in [-0.39, 0.29) is 47.7 Å². The fourth-order valence-corrected chi connectivity index (χ4v) is 8.59. The number of amides is 4. The highest BCUT2D eigenvalue weighted by atomic mass is 16.5. The molecule has 0 radical (unpaired) electrons. The third-order valence-corrected chi connectivity index (χ3v) is 12.0. The molecule has 4 amide bonds. The molecule has 2 saturated heterocycles. The highest BCUT2D eigenvalue weighted by Crippen LogP contribution is 2.58. The summed E-state index contributed by atoms with van der Waals surface area (Å²) in [5.41, 5.74) is 6.06. The second-order valence-electron chi connectivity index (χ2n) is 16.5. The number of aromatic nitrogens is 4. The van der Waals surface area contributed by atoms with Crippen molar-refractivity contribution >= 4 is 34.8 Å². The van der Waals surface area contributed by atoms with Gasteiger partial charge in [-0.1, -0.05) is 69.3 Å². The van der Waals surface area contributed by atoms with E-state index in [1.165, 1.54) is 14.2 Å². The number of H-pyrrole nitrogens is 2. The number of rotatable bonds is 10. The second-order valence-corrected chi connectivity index (χ2v) is 16.5. The normalized spacial score (nSPS) is 20.1. The Labute approximate surface area is 337 Å². The molecular formula is C44H50N8O6. The molecule has 2 aliphatic heterocycles. The number of fused-ring (bicyclic) bond motifs is 1. The standard InChI is InChI=1S/C44H50N8O6/c1-25(2)38(50-43(56)58-5)41(54)51-23-26(3)16-35(51)39-45-20-33(48-39)28-8-6-27(7-9-28)29-10-11-31-18-32(13-12-30(31)17-29)34-21-46-40(49-34)36-19-44(14-15-44)24-52(36)37(53)22-47-42(55)57-4/h6-13,17-18,20-21,25-26,35-36,38H,14-16,19,22-24H2,1-5H3,(H,45,48)(H,46,49)(H,47,55)(H,50,56)/t26-,35-,36-,38-/m0/s1. The molecule has 5 aromatic rings. The Hall–Kier alpha value is -6.18. The van der Waals surface area contributed by atoms with E-state index in [4.69, 9.17) is 14.7 Å². The van der Waals surface area contributed by atoms with E-state index in [1.54, 1.807) is 0 Å². The average Bonchev–Trinajstić information content (AvgIpc) is 3.71. The fourth-order valence-electron chi connectivity index (χ4n) is 8.59. The van der Waals surface area contributed by atoms with Crippen LogP contribution in [0, 0.1) is 17.3 Å². The third kappa shape index (κ3) is 7.74. The molecule has 302 valence electrons. The van der Waals surface area contributed by atoms with Crippen molar-refractivity contribution in [3.05, 3.63) is 84.7 Å². The number of carbonyl (C=O) groups excluding carboxylic acids is 4. The van der Waals surface area contributed by atoms with Gasteiger partial charge in [0.15, 0.2) is 0 Å². The molecule has 3 aliphatic rings. The number of hydrogen-bond acceptors (Lipinski definition) is 8. The van der Waals surface area contributed by atoms with E-state index in [9.17, 15) is 19.2 Å². The first kappa shape index (κ1) is 38.7. The first-order valence-electron chi connectivity index (χ1n) is 20.0. The van der Waals surface area contributed by atoms with Crippen molar-refractivity contribution in [1.82, 2.24) is 40.4 Å². The topological polar surface area (TPSA) is 175 Å². The number of nitrogens with zero attached hydrogens (tertiary/aromatic N) is 4. The minimum absolute atomic E-state index is 0.112. The number of ether oxygens (including phenoxy) is 2. The highest BCUT2D eigenvalue weighted by molar-refractivity contribution is 5.91. The van der Waals surface area contributed by atoms with Crippen molar-refractivity contribution in [3.63, 3.8) is 0 Å². The molecule has 0 bridgehead atoms. The molecule has 2 aromatic heterocycles. The van der Waals surface area contributed by atoms with Gasteiger partial charge in [0.1, 0.15) is 24.2 Å². The monoisotopic (exact) mass is 786 g/mol. The van der Waals surface area contributed by atoms with Crippen molar-refractivity contribution in [2.45, 2.75) is 64.6 Å². The Morgan fingerprint density at radius 2 is 1.38 bits per heavy atom. The molecule has 0 unspecified atom stereocenters. The quantitative estimate of drug-likeness (QED) is 0.117. The molecule has 3 fully saturated rings. The molecule has 4 atom stereocenters. The number of carbonyl (C=O) groups is 4. The van der Waals surface area contributed by atoms with Crippen molar-refractivity contribution in [3.8, 4) is 33.6 Å². The van der Waals surface area contributed by atoms with E-state index in [1.807, 2.05) is 36.0 Å². The Morgan fingerprint density at radius 3 is 2.02 bits per heavy atom. The second kappa shape index (κ2) is 15.6. The molecule has 4 N–H and O–H groups in total. The summed E-state index contributed by atoms with van der Waals surface area (Å²) in [5, 5.41) is 7.43. The summed E-state index contributed by atoms with van der Waals surface area (Å²) in [5.74, 6) is 1.37. The molecule has 1 saturated carbocycles. The molecule has 1 aliphatic carbocycles. The van der Waals surface area contributed by atoms with E-state index in [0.717, 1.165) is 81.7 Å². The first-order chi connectivity index (χ1) is 27.9. The van der Waals surface area contributed by atoms with Crippen LogP contribution >= 0.6 is 0 Å². The van der Waals surface area contributed by atoms with Crippen LogP contribution in [0.3, 0.4) is 0 Å². The van der Waals surface area contributed by atoms with E-state index in [2.05, 4.69) is 92.9 Å². The smallest absolute Gasteiger partial charge is 0.407 e. The van der Waals surface area contributed by atoms with Gasteiger partial charge in [-0.2, -0.15) is 0 Å². The number of hydrogen-bond donors (Lipinski definition) is 4. The molecule has 3 aromatic carbocycles. The lowest BCUT2D eigenvalue weighted by atomic mass is 9.98. The molecule has 1 spiro atoms. The Kier molecular flexibility index (Phi) is 10.4. The molecule has 14 heteroatoms. The van der Waals surface area contributed by atoms with Crippen LogP contribution in [0.25, 0.3) is 44.4 Å². The number of methoxy groups -OCH3 is 2. The Morgan fingerprint density at radius 1 is 0.793 bits per heavy atom. The Bertz CT molecular complexity index is 2350. The number of alkyl carbamates (subject to hydrolysis) is 2. The summed E-state index contributed by atoms with van der Waals surface area (Å²) in [6.07, 6.45) is 6.21. The van der Waals surface area contributed by atoms with Gasteiger partial charge in [-0.15, -0.1) is 0 Å². The van der Waals surface area contributed by atoms with Gasteiger partial charge in [0.2, 0.25) is 11.8 Å². The molecule has 4 heterocycles. The van der Waals surface area contributed by atoms with E-state index in [0.29, 0.717) is 13.1 Å². The minimum Gasteiger partial charge on any atom is -0.453 e. The van der Waals surface area contributed by atoms with Gasteiger partial charge >= 0.3 is 12.2 Å². The average molecular weight is 787 g/mol. The number of nitrogens with one attached hydrogen (secondary N) is 4. The number of likely N-dealkylation sites (tertiary alicyclic amines) is 2. The van der Waals surface area contributed by atoms with Gasteiger partial charge in [-0.3, -0.25) is 9.59 Å². The van der Waals surface area contributed by atoms with Crippen LogP contribution in [-0.4, -0.2) is 93.6 Å². The van der Waals surface area contributed by atoms with Crippen LogP contribution in [0.4, 0.5) is 9.59 Å². The number of imidazole rings is 2. The van der Waals surface area contributed by atoms with Gasteiger partial charge < -0.3 is 39.9 Å². The van der Waals surface area contributed by atoms with Crippen molar-refractivity contribution < 1.29 is 28.7 Å². The number of benzene rings is 3. The van der Waals surface area contributed by atoms with Gasteiger partial charge in [0.25, 0.3) is 0 Å². The van der Waals surface area contributed by atoms with E-state index >= 15 is 0 Å². The van der Waals surface area contributed by atoms with Crippen LogP contribution in [-0.2, 0) is 19.1 Å². The molecule has 8 rings (SSSR count). The highest BCUT2D eigenvalue weighted by Gasteiger charge is 2.54. The predicted molar refractivity (Wildman–Crippen MR) is 218 cm³/mol. The summed E-state index contributed by atoms with van der Waals surface area (Å²) in [4.78, 5) is 70.6. The SMILES string of the molecule is COC(=O)NCC(=O)N1CC2(CC2)C[C@H]1c1ncc(-c2ccc3cc(-c4ccc(-c5cnc([C@@H]6C[C@H](C)CN6C(=O)[C@@H](NC(=O)OC)C(C)C)[nH]5)cc4)ccc3c2)[nH]1. The molecule has 58 heavy (non-hydrogen) atoms. The van der Waals surface area contributed by atoms with Crippen LogP contribution in [0.2, 0.25) is 0 Å². The van der Waals surface area contributed by atoms with Gasteiger partial charge in [-0.25, -0.2) is 19.6 Å². The zero-order valence-electron chi connectivity index (χ0n) is 33.5. The van der Waals surface area contributed by atoms with Crippen LogP contribution in [0.15, 0.2) is 73.1 Å². The maximum atomic E-state index is 13.7. The van der Waals surface area contributed by atoms with Crippen LogP contribution < -0.4 is 10.6 Å². The summed E-state index contributed by atoms with van der Waals surface area (Å²) >= 11 is 0. The summed E-state index contributed by atoms with van der Waals surface area (Å²) in [6.45, 7) is 7.07.